The molecule has 0 bridgehead atoms. The highest BCUT2D eigenvalue weighted by molar-refractivity contribution is 5.96. The molecule has 5 heteroatoms. The zero-order valence-corrected chi connectivity index (χ0v) is 15.1. The molecule has 1 amide bonds. The molecule has 2 aliphatic rings. The second kappa shape index (κ2) is 7.46. The number of ether oxygens (including phenoxy) is 1. The molecule has 1 atom stereocenters. The molecule has 1 fully saturated rings. The second-order valence-electron chi connectivity index (χ2n) is 7.18. The number of fused-ring (bicyclic) bond motifs is 1. The number of piperidine rings is 1. The highest BCUT2D eigenvalue weighted by Crippen LogP contribution is 2.26. The molecule has 3 heterocycles. The van der Waals surface area contributed by atoms with Gasteiger partial charge in [0.25, 0.3) is 0 Å². The van der Waals surface area contributed by atoms with Crippen LogP contribution in [0.5, 0.6) is 5.88 Å². The van der Waals surface area contributed by atoms with Crippen LogP contribution in [0.2, 0.25) is 0 Å². The molecule has 0 aliphatic carbocycles. The molecule has 2 aliphatic heterocycles. The van der Waals surface area contributed by atoms with E-state index in [0.717, 1.165) is 55.9 Å². The number of pyridine rings is 1. The van der Waals surface area contributed by atoms with Gasteiger partial charge >= 0.3 is 0 Å². The number of aryl methyl sites for hydroxylation is 2. The lowest BCUT2D eigenvalue weighted by molar-refractivity contribution is -0.122. The van der Waals surface area contributed by atoms with Crippen molar-refractivity contribution in [2.75, 3.05) is 18.4 Å². The van der Waals surface area contributed by atoms with Crippen molar-refractivity contribution in [3.8, 4) is 5.88 Å². The molecule has 2 aromatic rings. The summed E-state index contributed by atoms with van der Waals surface area (Å²) >= 11 is 0. The monoisotopic (exact) mass is 351 g/mol. The quantitative estimate of drug-likeness (QED) is 0.923. The van der Waals surface area contributed by atoms with Gasteiger partial charge in [0.15, 0.2) is 0 Å². The normalized spacial score (nSPS) is 21.6. The summed E-state index contributed by atoms with van der Waals surface area (Å²) in [6.07, 6.45) is 5.59. The second-order valence-corrected chi connectivity index (χ2v) is 7.18. The highest BCUT2D eigenvalue weighted by atomic mass is 16.5. The van der Waals surface area contributed by atoms with E-state index >= 15 is 0 Å². The van der Waals surface area contributed by atoms with Gasteiger partial charge in [-0.05, 0) is 50.3 Å². The molecule has 0 radical (unpaired) electrons. The van der Waals surface area contributed by atoms with Gasteiger partial charge in [-0.2, -0.15) is 0 Å². The Morgan fingerprint density at radius 3 is 2.73 bits per heavy atom. The molecule has 136 valence electrons. The van der Waals surface area contributed by atoms with Crippen molar-refractivity contribution < 1.29 is 9.53 Å². The Bertz CT molecular complexity index is 784. The van der Waals surface area contributed by atoms with Crippen molar-refractivity contribution in [1.29, 1.82) is 0 Å². The molecular formula is C21H25N3O2. The molecule has 5 nitrogen and oxygen atoms in total. The van der Waals surface area contributed by atoms with Crippen LogP contribution in [-0.4, -0.2) is 41.0 Å². The summed E-state index contributed by atoms with van der Waals surface area (Å²) < 4.78 is 6.09. The number of anilines is 1. The Morgan fingerprint density at radius 1 is 1.12 bits per heavy atom. The predicted molar refractivity (Wildman–Crippen MR) is 101 cm³/mol. The molecule has 1 aromatic carbocycles. The third-order valence-corrected chi connectivity index (χ3v) is 5.42. The summed E-state index contributed by atoms with van der Waals surface area (Å²) in [6.45, 7) is 3.78. The van der Waals surface area contributed by atoms with Gasteiger partial charge in [-0.1, -0.05) is 24.3 Å². The Kier molecular flexibility index (Phi) is 4.89. The summed E-state index contributed by atoms with van der Waals surface area (Å²) in [6, 6.07) is 12.0. The lowest BCUT2D eigenvalue weighted by atomic mass is 10.0. The Morgan fingerprint density at radius 2 is 1.92 bits per heavy atom. The van der Waals surface area contributed by atoms with E-state index in [-0.39, 0.29) is 18.1 Å². The van der Waals surface area contributed by atoms with Crippen molar-refractivity contribution in [2.24, 2.45) is 0 Å². The molecule has 0 saturated carbocycles. The molecule has 1 aromatic heterocycles. The maximum Gasteiger partial charge on any atom is 0.241 e. The number of hydrogen-bond donors (Lipinski definition) is 1. The van der Waals surface area contributed by atoms with E-state index in [9.17, 15) is 4.79 Å². The summed E-state index contributed by atoms with van der Waals surface area (Å²) in [5, 5.41) is 3.11. The largest absolute Gasteiger partial charge is 0.474 e. The summed E-state index contributed by atoms with van der Waals surface area (Å²) in [5.74, 6) is 0.850. The number of carbonyl (C=O) groups is 1. The van der Waals surface area contributed by atoms with Crippen LogP contribution in [0.4, 0.5) is 5.69 Å². The minimum absolute atomic E-state index is 0.0556. The Balaban J connectivity index is 1.36. The number of carbonyl (C=O) groups excluding carboxylic acids is 1. The number of nitrogens with one attached hydrogen (secondary N) is 1. The highest BCUT2D eigenvalue weighted by Gasteiger charge is 2.32. The minimum Gasteiger partial charge on any atom is -0.474 e. The minimum atomic E-state index is -0.0556. The van der Waals surface area contributed by atoms with E-state index < -0.39 is 0 Å². The van der Waals surface area contributed by atoms with Crippen molar-refractivity contribution in [3.63, 3.8) is 0 Å². The first-order chi connectivity index (χ1) is 12.7. The number of rotatable bonds is 3. The van der Waals surface area contributed by atoms with E-state index in [0.29, 0.717) is 0 Å². The average Bonchev–Trinajstić information content (AvgIpc) is 2.82. The number of para-hydroxylation sites is 1. The number of hydrogen-bond acceptors (Lipinski definition) is 4. The number of aromatic nitrogens is 1. The zero-order valence-electron chi connectivity index (χ0n) is 15.1. The van der Waals surface area contributed by atoms with Gasteiger partial charge in [0.1, 0.15) is 6.10 Å². The molecule has 26 heavy (non-hydrogen) atoms. The van der Waals surface area contributed by atoms with E-state index in [2.05, 4.69) is 21.3 Å². The first kappa shape index (κ1) is 17.0. The van der Waals surface area contributed by atoms with E-state index in [4.69, 9.17) is 4.74 Å². The lowest BCUT2D eigenvalue weighted by Crippen LogP contribution is -2.49. The third-order valence-electron chi connectivity index (χ3n) is 5.42. The van der Waals surface area contributed by atoms with Gasteiger partial charge in [-0.25, -0.2) is 4.98 Å². The van der Waals surface area contributed by atoms with Crippen LogP contribution in [0.1, 0.15) is 30.4 Å². The first-order valence-corrected chi connectivity index (χ1v) is 9.42. The van der Waals surface area contributed by atoms with Crippen LogP contribution < -0.4 is 10.1 Å². The third kappa shape index (κ3) is 3.58. The number of amides is 1. The van der Waals surface area contributed by atoms with Crippen molar-refractivity contribution >= 4 is 11.6 Å². The van der Waals surface area contributed by atoms with Gasteiger partial charge < -0.3 is 10.1 Å². The molecule has 1 unspecified atom stereocenters. The summed E-state index contributed by atoms with van der Waals surface area (Å²) in [4.78, 5) is 19.3. The fraction of sp³-hybridized carbons (Fsp3) is 0.429. The summed E-state index contributed by atoms with van der Waals surface area (Å²) in [7, 11) is 0. The first-order valence-electron chi connectivity index (χ1n) is 9.42. The molecular weight excluding hydrogens is 326 g/mol. The Hall–Kier alpha value is -2.40. The van der Waals surface area contributed by atoms with Crippen LogP contribution in [0, 0.1) is 6.92 Å². The van der Waals surface area contributed by atoms with Crippen LogP contribution in [0.3, 0.4) is 0 Å². The van der Waals surface area contributed by atoms with Gasteiger partial charge in [0.2, 0.25) is 11.8 Å². The standard InChI is InChI=1S/C21H25N3O2/c1-15-5-4-12-22-21(15)26-17-10-13-24(14-11-17)19-9-8-16-6-2-3-7-18(16)23-20(19)25/h2-7,12,17,19H,8-11,13-14H2,1H3,(H,23,25). The fourth-order valence-corrected chi connectivity index (χ4v) is 3.91. The maximum absolute atomic E-state index is 12.7. The van der Waals surface area contributed by atoms with E-state index in [1.54, 1.807) is 6.20 Å². The van der Waals surface area contributed by atoms with Crippen molar-refractivity contribution in [2.45, 2.75) is 44.8 Å². The fourth-order valence-electron chi connectivity index (χ4n) is 3.91. The van der Waals surface area contributed by atoms with Gasteiger partial charge in [-0.15, -0.1) is 0 Å². The molecule has 4 rings (SSSR count). The van der Waals surface area contributed by atoms with Crippen LogP contribution in [0.25, 0.3) is 0 Å². The number of nitrogens with zero attached hydrogens (tertiary/aromatic N) is 2. The van der Waals surface area contributed by atoms with Crippen LogP contribution in [-0.2, 0) is 11.2 Å². The lowest BCUT2D eigenvalue weighted by Gasteiger charge is -2.36. The topological polar surface area (TPSA) is 54.5 Å². The molecule has 0 spiro atoms. The van der Waals surface area contributed by atoms with Crippen molar-refractivity contribution in [3.05, 3.63) is 53.7 Å². The smallest absolute Gasteiger partial charge is 0.241 e. The van der Waals surface area contributed by atoms with E-state index in [1.165, 1.54) is 5.56 Å². The SMILES string of the molecule is Cc1cccnc1OC1CCN(C2CCc3ccccc3NC2=O)CC1. The van der Waals surface area contributed by atoms with Crippen LogP contribution in [0.15, 0.2) is 42.6 Å². The molecule has 1 saturated heterocycles. The van der Waals surface area contributed by atoms with Crippen LogP contribution >= 0.6 is 0 Å². The van der Waals surface area contributed by atoms with Crippen molar-refractivity contribution in [1.82, 2.24) is 9.88 Å². The number of benzene rings is 1. The van der Waals surface area contributed by atoms with E-state index in [1.807, 2.05) is 37.3 Å². The molecule has 1 N–H and O–H groups in total. The number of likely N-dealkylation sites (tertiary alicyclic amines) is 1. The summed E-state index contributed by atoms with van der Waals surface area (Å²) in [5.41, 5.74) is 3.26. The predicted octanol–water partition coefficient (Wildman–Crippen LogP) is 3.19. The van der Waals surface area contributed by atoms with Gasteiger partial charge in [0.05, 0.1) is 6.04 Å². The zero-order chi connectivity index (χ0) is 17.9. The van der Waals surface area contributed by atoms with Gasteiger partial charge in [0, 0.05) is 30.5 Å². The Labute approximate surface area is 154 Å². The van der Waals surface area contributed by atoms with Gasteiger partial charge in [-0.3, -0.25) is 9.69 Å². The maximum atomic E-state index is 12.7. The average molecular weight is 351 g/mol.